The number of fused-ring (bicyclic) bond motifs is 1. The number of rotatable bonds is 5. The number of aromatic carboxylic acids is 1. The average Bonchev–Trinajstić information content (AvgIpc) is 2.60. The molecule has 0 spiro atoms. The fourth-order valence-corrected chi connectivity index (χ4v) is 3.36. The van der Waals surface area contributed by atoms with E-state index in [-0.39, 0.29) is 0 Å². The second-order valence-electron chi connectivity index (χ2n) is 5.66. The molecule has 0 saturated carbocycles. The van der Waals surface area contributed by atoms with Gasteiger partial charge in [0.25, 0.3) is 5.69 Å². The number of hydrogen-bond acceptors (Lipinski definition) is 6. The van der Waals surface area contributed by atoms with Crippen molar-refractivity contribution >= 4 is 43.8 Å². The molecule has 0 saturated heterocycles. The lowest BCUT2D eigenvalue weighted by Crippen LogP contribution is -2.16. The topological polar surface area (TPSA) is 153 Å². The first-order valence-corrected chi connectivity index (χ1v) is 9.06. The molecule has 0 unspecified atom stereocenters. The summed E-state index contributed by atoms with van der Waals surface area (Å²) in [7, 11) is -4.44. The van der Waals surface area contributed by atoms with Gasteiger partial charge in [0.1, 0.15) is 10.6 Å². The highest BCUT2D eigenvalue weighted by Crippen LogP contribution is 2.35. The molecule has 0 aliphatic carbocycles. The summed E-state index contributed by atoms with van der Waals surface area (Å²) in [6, 6.07) is 14.0. The second kappa shape index (κ2) is 6.67. The van der Waals surface area contributed by atoms with Crippen LogP contribution in [0.5, 0.6) is 0 Å². The smallest absolute Gasteiger partial charge is 0.335 e. The lowest BCUT2D eigenvalue weighted by Gasteiger charge is -2.13. The fourth-order valence-electron chi connectivity index (χ4n) is 2.63. The van der Waals surface area contributed by atoms with Crippen molar-refractivity contribution in [3.8, 4) is 0 Å². The standard InChI is InChI=1S/C17H13N3O6S/c18-27(25,26)15-9-12(17(21)22)8-14(20(23)24)16(15)19-13-6-5-10-3-1-2-4-11(10)7-13/h1-9,19H,(H,21,22)(H2,18,25,26). The van der Waals surface area contributed by atoms with Gasteiger partial charge in [-0.25, -0.2) is 18.4 Å². The highest BCUT2D eigenvalue weighted by Gasteiger charge is 2.27. The molecule has 0 heterocycles. The highest BCUT2D eigenvalue weighted by molar-refractivity contribution is 7.89. The SMILES string of the molecule is NS(=O)(=O)c1cc(C(=O)O)cc([N+](=O)[O-])c1Nc1ccc2ccccc2c1. The van der Waals surface area contributed by atoms with Gasteiger partial charge in [0.2, 0.25) is 10.0 Å². The molecule has 3 aromatic rings. The van der Waals surface area contributed by atoms with Crippen LogP contribution in [0.2, 0.25) is 0 Å². The van der Waals surface area contributed by atoms with Crippen LogP contribution in [0.4, 0.5) is 17.1 Å². The number of nitro benzene ring substituents is 1. The molecule has 0 amide bonds. The van der Waals surface area contributed by atoms with Crippen LogP contribution in [0.1, 0.15) is 10.4 Å². The molecule has 0 radical (unpaired) electrons. The molecule has 0 atom stereocenters. The van der Waals surface area contributed by atoms with Gasteiger partial charge in [-0.05, 0) is 29.0 Å². The highest BCUT2D eigenvalue weighted by atomic mass is 32.2. The van der Waals surface area contributed by atoms with Gasteiger partial charge < -0.3 is 10.4 Å². The number of sulfonamides is 1. The third kappa shape index (κ3) is 3.71. The Kier molecular flexibility index (Phi) is 4.52. The van der Waals surface area contributed by atoms with Crippen LogP contribution in [-0.4, -0.2) is 24.4 Å². The third-order valence-corrected chi connectivity index (χ3v) is 4.79. The molecular weight excluding hydrogens is 374 g/mol. The normalized spacial score (nSPS) is 11.3. The summed E-state index contributed by atoms with van der Waals surface area (Å²) < 4.78 is 23.9. The van der Waals surface area contributed by atoms with E-state index in [4.69, 9.17) is 10.2 Å². The molecule has 4 N–H and O–H groups in total. The van der Waals surface area contributed by atoms with E-state index in [1.807, 2.05) is 24.3 Å². The molecule has 0 aliphatic heterocycles. The van der Waals surface area contributed by atoms with Gasteiger partial charge >= 0.3 is 5.97 Å². The van der Waals surface area contributed by atoms with Crippen LogP contribution < -0.4 is 10.5 Å². The quantitative estimate of drug-likeness (QED) is 0.449. The van der Waals surface area contributed by atoms with Crippen molar-refractivity contribution in [2.24, 2.45) is 5.14 Å². The zero-order valence-corrected chi connectivity index (χ0v) is 14.4. The number of nitro groups is 1. The molecule has 3 aromatic carbocycles. The van der Waals surface area contributed by atoms with Crippen LogP contribution in [0.15, 0.2) is 59.5 Å². The molecule has 10 heteroatoms. The zero-order valence-electron chi connectivity index (χ0n) is 13.6. The zero-order chi connectivity index (χ0) is 19.8. The summed E-state index contributed by atoms with van der Waals surface area (Å²) in [5, 5.41) is 30.1. The van der Waals surface area contributed by atoms with E-state index in [9.17, 15) is 23.3 Å². The van der Waals surface area contributed by atoms with Gasteiger partial charge in [-0.1, -0.05) is 30.3 Å². The number of nitrogens with two attached hydrogens (primary N) is 1. The first kappa shape index (κ1) is 18.3. The van der Waals surface area contributed by atoms with Gasteiger partial charge in [0.15, 0.2) is 0 Å². The summed E-state index contributed by atoms with van der Waals surface area (Å²) >= 11 is 0. The Balaban J connectivity index is 2.22. The van der Waals surface area contributed by atoms with Crippen LogP contribution in [-0.2, 0) is 10.0 Å². The predicted molar refractivity (Wildman–Crippen MR) is 98.7 cm³/mol. The van der Waals surface area contributed by atoms with Crippen molar-refractivity contribution in [2.45, 2.75) is 4.90 Å². The number of carboxylic acids is 1. The second-order valence-corrected chi connectivity index (χ2v) is 7.19. The summed E-state index contributed by atoms with van der Waals surface area (Å²) in [5.74, 6) is -1.51. The minimum atomic E-state index is -4.44. The number of nitrogens with one attached hydrogen (secondary N) is 1. The molecule has 9 nitrogen and oxygen atoms in total. The molecular formula is C17H13N3O6S. The van der Waals surface area contributed by atoms with E-state index in [1.165, 1.54) is 0 Å². The van der Waals surface area contributed by atoms with E-state index in [0.29, 0.717) is 5.69 Å². The van der Waals surface area contributed by atoms with E-state index >= 15 is 0 Å². The number of benzene rings is 3. The van der Waals surface area contributed by atoms with Gasteiger partial charge in [-0.2, -0.15) is 0 Å². The summed E-state index contributed by atoms with van der Waals surface area (Å²) in [6.45, 7) is 0. The predicted octanol–water partition coefficient (Wildman–Crippen LogP) is 2.84. The first-order valence-electron chi connectivity index (χ1n) is 7.51. The van der Waals surface area contributed by atoms with Crippen molar-refractivity contribution in [2.75, 3.05) is 5.32 Å². The number of hydrogen-bond donors (Lipinski definition) is 3. The van der Waals surface area contributed by atoms with Crippen molar-refractivity contribution in [3.63, 3.8) is 0 Å². The Morgan fingerprint density at radius 3 is 2.33 bits per heavy atom. The van der Waals surface area contributed by atoms with E-state index in [0.717, 1.165) is 22.9 Å². The van der Waals surface area contributed by atoms with Crippen LogP contribution in [0, 0.1) is 10.1 Å². The number of nitrogens with zero attached hydrogens (tertiary/aromatic N) is 1. The lowest BCUT2D eigenvalue weighted by molar-refractivity contribution is -0.384. The largest absolute Gasteiger partial charge is 0.478 e. The summed E-state index contributed by atoms with van der Waals surface area (Å²) in [4.78, 5) is 21.1. The Morgan fingerprint density at radius 1 is 1.07 bits per heavy atom. The average molecular weight is 387 g/mol. The molecule has 138 valence electrons. The van der Waals surface area contributed by atoms with Crippen molar-refractivity contribution in [1.82, 2.24) is 0 Å². The van der Waals surface area contributed by atoms with Crippen molar-refractivity contribution in [1.29, 1.82) is 0 Å². The van der Waals surface area contributed by atoms with Crippen molar-refractivity contribution in [3.05, 3.63) is 70.3 Å². The minimum Gasteiger partial charge on any atom is -0.478 e. The molecule has 27 heavy (non-hydrogen) atoms. The Labute approximate surface area is 153 Å². The van der Waals surface area contributed by atoms with Crippen LogP contribution in [0.3, 0.4) is 0 Å². The van der Waals surface area contributed by atoms with E-state index in [2.05, 4.69) is 5.32 Å². The number of carboxylic acid groups (broad SMARTS) is 1. The number of carbonyl (C=O) groups is 1. The fraction of sp³-hybridized carbons (Fsp3) is 0. The van der Waals surface area contributed by atoms with Crippen LogP contribution >= 0.6 is 0 Å². The van der Waals surface area contributed by atoms with Gasteiger partial charge in [0.05, 0.1) is 10.5 Å². The monoisotopic (exact) mass is 387 g/mol. The van der Waals surface area contributed by atoms with E-state index in [1.54, 1.807) is 18.2 Å². The molecule has 3 rings (SSSR count). The van der Waals surface area contributed by atoms with Crippen molar-refractivity contribution < 1.29 is 23.2 Å². The maximum Gasteiger partial charge on any atom is 0.335 e. The van der Waals surface area contributed by atoms with E-state index < -0.39 is 42.7 Å². The Morgan fingerprint density at radius 2 is 1.74 bits per heavy atom. The minimum absolute atomic E-state index is 0.379. The van der Waals surface area contributed by atoms with Crippen LogP contribution in [0.25, 0.3) is 10.8 Å². The lowest BCUT2D eigenvalue weighted by atomic mass is 10.1. The maximum atomic E-state index is 11.9. The summed E-state index contributed by atoms with van der Waals surface area (Å²) in [6.07, 6.45) is 0. The van der Waals surface area contributed by atoms with Gasteiger partial charge in [-0.15, -0.1) is 0 Å². The number of primary sulfonamides is 1. The van der Waals surface area contributed by atoms with Gasteiger partial charge in [0, 0.05) is 11.8 Å². The third-order valence-electron chi connectivity index (χ3n) is 3.85. The molecule has 0 aliphatic rings. The maximum absolute atomic E-state index is 11.9. The first-order chi connectivity index (χ1) is 12.7. The molecule has 0 bridgehead atoms. The Bertz CT molecular complexity index is 1190. The number of anilines is 2. The van der Waals surface area contributed by atoms with Gasteiger partial charge in [-0.3, -0.25) is 10.1 Å². The molecule has 0 aromatic heterocycles. The Hall–Kier alpha value is -3.50. The molecule has 0 fully saturated rings. The summed E-state index contributed by atoms with van der Waals surface area (Å²) in [5.41, 5.74) is -1.30.